The van der Waals surface area contributed by atoms with Crippen molar-refractivity contribution in [2.24, 2.45) is 0 Å². The van der Waals surface area contributed by atoms with Gasteiger partial charge in [0.1, 0.15) is 22.3 Å². The number of hydrogen-bond donors (Lipinski definition) is 0. The van der Waals surface area contributed by atoms with Crippen molar-refractivity contribution in [2.75, 3.05) is 9.80 Å². The predicted molar refractivity (Wildman–Crippen MR) is 270 cm³/mol. The molecule has 4 heteroatoms. The van der Waals surface area contributed by atoms with Gasteiger partial charge in [-0.2, -0.15) is 0 Å². The monoisotopic (exact) mass is 820 g/mol. The minimum absolute atomic E-state index is 0.845. The van der Waals surface area contributed by atoms with E-state index in [4.69, 9.17) is 8.83 Å². The second kappa shape index (κ2) is 14.1. The van der Waals surface area contributed by atoms with Gasteiger partial charge in [-0.25, -0.2) is 0 Å². The number of hydrogen-bond acceptors (Lipinski definition) is 4. The molecule has 2 aromatic heterocycles. The molecule has 0 fully saturated rings. The standard InChI is InChI=1S/C60H40N2O2/c1-37-11-3-9-17-53(37)61(47-23-19-39-13-5-7-15-41(39)29-47)49-25-21-43-33-51-57(35-45(43)31-49)63-55-27-28-56-60(59(51)55)52-34-44-22-26-50(32-46(44)36-58(52)64-56)62(54-18-10-4-12-38(54)2)48-24-20-40-14-6-8-16-42(40)30-48/h3-36H,1-2H3. The molecule has 4 nitrogen and oxygen atoms in total. The molecule has 13 rings (SSSR count). The van der Waals surface area contributed by atoms with Gasteiger partial charge in [-0.05, 0) is 165 Å². The van der Waals surface area contributed by atoms with Crippen molar-refractivity contribution in [3.8, 4) is 0 Å². The van der Waals surface area contributed by atoms with Crippen molar-refractivity contribution in [2.45, 2.75) is 13.8 Å². The maximum Gasteiger partial charge on any atom is 0.136 e. The second-order valence-corrected chi connectivity index (χ2v) is 17.1. The Bertz CT molecular complexity index is 3760. The molecule has 0 bridgehead atoms. The van der Waals surface area contributed by atoms with E-state index < -0.39 is 0 Å². The van der Waals surface area contributed by atoms with Crippen LogP contribution in [0.25, 0.3) is 87.0 Å². The normalized spacial score (nSPS) is 11.9. The van der Waals surface area contributed by atoms with E-state index in [1.165, 1.54) is 32.7 Å². The van der Waals surface area contributed by atoms with Gasteiger partial charge in [0.15, 0.2) is 0 Å². The molecular formula is C60H40N2O2. The minimum atomic E-state index is 0.845. The predicted octanol–water partition coefficient (Wildman–Crippen LogP) is 17.7. The lowest BCUT2D eigenvalue weighted by Gasteiger charge is -2.27. The summed E-state index contributed by atoms with van der Waals surface area (Å²) in [4.78, 5) is 4.73. The third kappa shape index (κ3) is 5.76. The third-order valence-corrected chi connectivity index (χ3v) is 13.2. The summed E-state index contributed by atoms with van der Waals surface area (Å²) >= 11 is 0. The maximum absolute atomic E-state index is 6.71. The van der Waals surface area contributed by atoms with Crippen molar-refractivity contribution in [1.82, 2.24) is 0 Å². The summed E-state index contributed by atoms with van der Waals surface area (Å²) in [5.74, 6) is 0. The van der Waals surface area contributed by atoms with Crippen LogP contribution in [-0.2, 0) is 0 Å². The summed E-state index contributed by atoms with van der Waals surface area (Å²) in [6.07, 6.45) is 0. The molecule has 2 heterocycles. The van der Waals surface area contributed by atoms with Gasteiger partial charge in [-0.1, -0.05) is 109 Å². The number of benzene rings is 11. The zero-order valence-corrected chi connectivity index (χ0v) is 35.3. The van der Waals surface area contributed by atoms with Gasteiger partial charge >= 0.3 is 0 Å². The van der Waals surface area contributed by atoms with E-state index in [0.29, 0.717) is 0 Å². The quantitative estimate of drug-likeness (QED) is 0.167. The van der Waals surface area contributed by atoms with Crippen LogP contribution in [0.3, 0.4) is 0 Å². The van der Waals surface area contributed by atoms with Gasteiger partial charge in [-0.3, -0.25) is 0 Å². The number of anilines is 6. The van der Waals surface area contributed by atoms with Crippen LogP contribution in [0.15, 0.2) is 215 Å². The molecule has 0 amide bonds. The van der Waals surface area contributed by atoms with Crippen LogP contribution in [0, 0.1) is 13.8 Å². The highest BCUT2D eigenvalue weighted by molar-refractivity contribution is 6.28. The molecule has 0 saturated heterocycles. The van der Waals surface area contributed by atoms with Crippen LogP contribution in [0.2, 0.25) is 0 Å². The SMILES string of the molecule is Cc1ccccc1N(c1ccc2ccccc2c1)c1ccc2cc3c(cc2c1)oc1ccc2oc4cc5cc(N(c6ccc7ccccc7c6)c6ccccc6C)ccc5cc4c2c13. The third-order valence-electron chi connectivity index (χ3n) is 13.2. The lowest BCUT2D eigenvalue weighted by atomic mass is 10.00. The number of aryl methyl sites for hydroxylation is 2. The average molecular weight is 821 g/mol. The van der Waals surface area contributed by atoms with Crippen molar-refractivity contribution in [1.29, 1.82) is 0 Å². The van der Waals surface area contributed by atoms with Gasteiger partial charge in [0, 0.05) is 55.7 Å². The molecule has 302 valence electrons. The van der Waals surface area contributed by atoms with E-state index in [1.807, 2.05) is 0 Å². The topological polar surface area (TPSA) is 32.8 Å². The second-order valence-electron chi connectivity index (χ2n) is 17.1. The van der Waals surface area contributed by atoms with E-state index in [-0.39, 0.29) is 0 Å². The van der Waals surface area contributed by atoms with Crippen LogP contribution < -0.4 is 9.80 Å². The molecule has 0 saturated carbocycles. The molecule has 0 atom stereocenters. The van der Waals surface area contributed by atoms with Crippen molar-refractivity contribution >= 4 is 121 Å². The smallest absolute Gasteiger partial charge is 0.136 e. The fourth-order valence-corrected chi connectivity index (χ4v) is 9.99. The lowest BCUT2D eigenvalue weighted by molar-refractivity contribution is 0.663. The molecule has 0 aliphatic carbocycles. The molecule has 0 aliphatic heterocycles. The Balaban J connectivity index is 0.941. The highest BCUT2D eigenvalue weighted by Crippen LogP contribution is 2.45. The van der Waals surface area contributed by atoms with Crippen LogP contribution in [0.4, 0.5) is 34.1 Å². The molecule has 0 N–H and O–H groups in total. The van der Waals surface area contributed by atoms with Crippen LogP contribution in [-0.4, -0.2) is 0 Å². The molecule has 0 spiro atoms. The van der Waals surface area contributed by atoms with E-state index in [0.717, 1.165) is 99.5 Å². The van der Waals surface area contributed by atoms with Gasteiger partial charge < -0.3 is 18.6 Å². The molecular weight excluding hydrogens is 781 g/mol. The Morgan fingerprint density at radius 3 is 1.05 bits per heavy atom. The van der Waals surface area contributed by atoms with Crippen LogP contribution in [0.5, 0.6) is 0 Å². The van der Waals surface area contributed by atoms with Gasteiger partial charge in [0.25, 0.3) is 0 Å². The number of para-hydroxylation sites is 2. The van der Waals surface area contributed by atoms with E-state index >= 15 is 0 Å². The number of furan rings is 2. The number of nitrogens with zero attached hydrogens (tertiary/aromatic N) is 2. The summed E-state index contributed by atoms with van der Waals surface area (Å²) in [6.45, 7) is 4.35. The molecule has 0 unspecified atom stereocenters. The molecule has 0 radical (unpaired) electrons. The van der Waals surface area contributed by atoms with E-state index in [2.05, 4.69) is 230 Å². The minimum Gasteiger partial charge on any atom is -0.456 e. The number of rotatable bonds is 6. The zero-order chi connectivity index (χ0) is 42.5. The average Bonchev–Trinajstić information content (AvgIpc) is 3.88. The summed E-state index contributed by atoms with van der Waals surface area (Å²) in [5, 5.41) is 13.7. The first-order valence-corrected chi connectivity index (χ1v) is 21.9. The van der Waals surface area contributed by atoms with Crippen molar-refractivity contribution < 1.29 is 8.83 Å². The molecule has 0 aliphatic rings. The Morgan fingerprint density at radius 1 is 0.281 bits per heavy atom. The first-order valence-electron chi connectivity index (χ1n) is 21.9. The van der Waals surface area contributed by atoms with E-state index in [9.17, 15) is 0 Å². The van der Waals surface area contributed by atoms with Crippen LogP contribution in [0.1, 0.15) is 11.1 Å². The summed E-state index contributed by atoms with van der Waals surface area (Å²) in [7, 11) is 0. The summed E-state index contributed by atoms with van der Waals surface area (Å²) in [5.41, 5.74) is 12.5. The van der Waals surface area contributed by atoms with Gasteiger partial charge in [-0.15, -0.1) is 0 Å². The Labute approximate surface area is 369 Å². The fraction of sp³-hybridized carbons (Fsp3) is 0.0333. The Hall–Kier alpha value is -8.34. The first kappa shape index (κ1) is 36.3. The Morgan fingerprint density at radius 2 is 0.625 bits per heavy atom. The van der Waals surface area contributed by atoms with Gasteiger partial charge in [0.2, 0.25) is 0 Å². The first-order chi connectivity index (χ1) is 31.5. The van der Waals surface area contributed by atoms with Gasteiger partial charge in [0.05, 0.1) is 0 Å². The summed E-state index contributed by atoms with van der Waals surface area (Å²) in [6, 6.07) is 74.3. The summed E-state index contributed by atoms with van der Waals surface area (Å²) < 4.78 is 13.4. The van der Waals surface area contributed by atoms with Crippen molar-refractivity contribution in [3.05, 3.63) is 217 Å². The lowest BCUT2D eigenvalue weighted by Crippen LogP contribution is -2.11. The van der Waals surface area contributed by atoms with Crippen LogP contribution >= 0.6 is 0 Å². The molecule has 11 aromatic carbocycles. The highest BCUT2D eigenvalue weighted by Gasteiger charge is 2.21. The molecule has 64 heavy (non-hydrogen) atoms. The maximum atomic E-state index is 6.71. The molecule has 13 aromatic rings. The number of fused-ring (bicyclic) bond motifs is 11. The fourth-order valence-electron chi connectivity index (χ4n) is 9.99. The Kier molecular flexibility index (Phi) is 8.00. The van der Waals surface area contributed by atoms with Crippen molar-refractivity contribution in [3.63, 3.8) is 0 Å². The zero-order valence-electron chi connectivity index (χ0n) is 35.3. The van der Waals surface area contributed by atoms with E-state index in [1.54, 1.807) is 0 Å². The highest BCUT2D eigenvalue weighted by atomic mass is 16.3. The largest absolute Gasteiger partial charge is 0.456 e.